The minimum absolute atomic E-state index is 0.0516. The average Bonchev–Trinajstić information content (AvgIpc) is 3.35. The second kappa shape index (κ2) is 7.45. The number of imidazole rings is 1. The molecule has 0 saturated heterocycles. The number of hydrogen-bond donors (Lipinski definition) is 2. The van der Waals surface area contributed by atoms with Gasteiger partial charge >= 0.3 is 6.61 Å². The Morgan fingerprint density at radius 1 is 1.23 bits per heavy atom. The highest BCUT2D eigenvalue weighted by atomic mass is 19.3. The van der Waals surface area contributed by atoms with Gasteiger partial charge in [-0.25, -0.2) is 9.50 Å². The van der Waals surface area contributed by atoms with Crippen molar-refractivity contribution in [1.82, 2.24) is 24.0 Å². The van der Waals surface area contributed by atoms with Crippen molar-refractivity contribution in [3.05, 3.63) is 43.0 Å². The summed E-state index contributed by atoms with van der Waals surface area (Å²) in [7, 11) is 0. The van der Waals surface area contributed by atoms with Crippen molar-refractivity contribution in [1.29, 1.82) is 0 Å². The van der Waals surface area contributed by atoms with Gasteiger partial charge < -0.3 is 19.6 Å². The molecule has 4 heterocycles. The van der Waals surface area contributed by atoms with Crippen molar-refractivity contribution in [3.63, 3.8) is 0 Å². The molecule has 10 heteroatoms. The van der Waals surface area contributed by atoms with Crippen molar-refractivity contribution in [3.8, 4) is 17.0 Å². The Morgan fingerprint density at radius 2 is 2.03 bits per heavy atom. The Balaban J connectivity index is 1.52. The highest BCUT2D eigenvalue weighted by Gasteiger charge is 2.29. The quantitative estimate of drug-likeness (QED) is 0.503. The van der Waals surface area contributed by atoms with E-state index in [-0.39, 0.29) is 17.9 Å². The second-order valence-electron chi connectivity index (χ2n) is 8.17. The summed E-state index contributed by atoms with van der Waals surface area (Å²) < 4.78 is 34.5. The zero-order chi connectivity index (χ0) is 21.6. The number of fused-ring (bicyclic) bond motifs is 2. The van der Waals surface area contributed by atoms with Crippen molar-refractivity contribution in [2.75, 3.05) is 5.32 Å². The predicted molar refractivity (Wildman–Crippen MR) is 110 cm³/mol. The predicted octanol–water partition coefficient (Wildman–Crippen LogP) is 3.75. The fraction of sp³-hybridized carbons (Fsp3) is 0.381. The summed E-state index contributed by atoms with van der Waals surface area (Å²) in [5, 5.41) is 17.8. The third-order valence-electron chi connectivity index (χ3n) is 5.78. The van der Waals surface area contributed by atoms with Gasteiger partial charge in [0, 0.05) is 42.0 Å². The molecule has 4 aromatic heterocycles. The van der Waals surface area contributed by atoms with E-state index in [1.807, 2.05) is 35.9 Å². The lowest BCUT2D eigenvalue weighted by molar-refractivity contribution is -0.0519. The maximum Gasteiger partial charge on any atom is 0.388 e. The van der Waals surface area contributed by atoms with Crippen LogP contribution in [0.4, 0.5) is 14.7 Å². The van der Waals surface area contributed by atoms with Crippen molar-refractivity contribution >= 4 is 17.1 Å². The fourth-order valence-electron chi connectivity index (χ4n) is 4.10. The van der Waals surface area contributed by atoms with E-state index in [1.165, 1.54) is 4.52 Å². The number of halogens is 2. The van der Waals surface area contributed by atoms with Crippen LogP contribution in [-0.2, 0) is 0 Å². The number of nitrogens with zero attached hydrogens (tertiary/aromatic N) is 5. The number of aliphatic hydroxyl groups is 1. The van der Waals surface area contributed by atoms with Crippen LogP contribution in [0, 0.1) is 0 Å². The van der Waals surface area contributed by atoms with Gasteiger partial charge in [0.25, 0.3) is 0 Å². The molecule has 0 unspecified atom stereocenters. The molecule has 162 valence electrons. The number of alkyl halides is 2. The van der Waals surface area contributed by atoms with E-state index in [0.717, 1.165) is 24.1 Å². The first kappa shape index (κ1) is 19.7. The minimum Gasteiger partial charge on any atom is -0.414 e. The van der Waals surface area contributed by atoms with E-state index in [9.17, 15) is 13.9 Å². The van der Waals surface area contributed by atoms with Crippen LogP contribution in [0.2, 0.25) is 0 Å². The Hall–Kier alpha value is -3.27. The molecule has 8 nitrogen and oxygen atoms in total. The maximum atomic E-state index is 13.2. The molecule has 2 N–H and O–H groups in total. The van der Waals surface area contributed by atoms with Gasteiger partial charge in [-0.05, 0) is 50.8 Å². The molecule has 1 aliphatic rings. The van der Waals surface area contributed by atoms with E-state index >= 15 is 0 Å². The van der Waals surface area contributed by atoms with Gasteiger partial charge in [-0.2, -0.15) is 13.8 Å². The second-order valence-corrected chi connectivity index (χ2v) is 8.17. The van der Waals surface area contributed by atoms with Crippen LogP contribution in [0.25, 0.3) is 22.3 Å². The Bertz CT molecular complexity index is 1230. The largest absolute Gasteiger partial charge is 0.414 e. The van der Waals surface area contributed by atoms with Crippen LogP contribution in [0.5, 0.6) is 5.88 Å². The van der Waals surface area contributed by atoms with Crippen LogP contribution < -0.4 is 10.1 Å². The molecule has 1 aliphatic carbocycles. The molecule has 1 fully saturated rings. The van der Waals surface area contributed by atoms with Gasteiger partial charge in [-0.15, -0.1) is 5.10 Å². The van der Waals surface area contributed by atoms with Gasteiger partial charge in [-0.1, -0.05) is 0 Å². The van der Waals surface area contributed by atoms with Crippen LogP contribution in [0.1, 0.15) is 32.6 Å². The lowest BCUT2D eigenvalue weighted by Gasteiger charge is -2.33. The topological polar surface area (TPSA) is 89.0 Å². The molecular weight excluding hydrogens is 406 g/mol. The summed E-state index contributed by atoms with van der Waals surface area (Å²) in [6.07, 6.45) is 9.84. The number of aromatic nitrogens is 5. The normalized spacial score (nSPS) is 21.8. The van der Waals surface area contributed by atoms with Gasteiger partial charge in [0.15, 0.2) is 0 Å². The smallest absolute Gasteiger partial charge is 0.388 e. The first-order valence-corrected chi connectivity index (χ1v) is 10.1. The van der Waals surface area contributed by atoms with Gasteiger partial charge in [0.05, 0.1) is 5.60 Å². The van der Waals surface area contributed by atoms with E-state index in [2.05, 4.69) is 20.4 Å². The zero-order valence-corrected chi connectivity index (χ0v) is 16.9. The van der Waals surface area contributed by atoms with Gasteiger partial charge in [0.1, 0.15) is 11.2 Å². The molecule has 0 bridgehead atoms. The van der Waals surface area contributed by atoms with E-state index in [1.54, 1.807) is 18.5 Å². The summed E-state index contributed by atoms with van der Waals surface area (Å²) >= 11 is 0. The molecular formula is C21H22F2N6O2. The highest BCUT2D eigenvalue weighted by Crippen LogP contribution is 2.33. The summed E-state index contributed by atoms with van der Waals surface area (Å²) in [5.41, 5.74) is 1.94. The first-order valence-electron chi connectivity index (χ1n) is 10.1. The fourth-order valence-corrected chi connectivity index (χ4v) is 4.10. The van der Waals surface area contributed by atoms with Crippen molar-refractivity contribution < 1.29 is 18.6 Å². The van der Waals surface area contributed by atoms with E-state index in [4.69, 9.17) is 4.74 Å². The molecule has 0 radical (unpaired) electrons. The Kier molecular flexibility index (Phi) is 4.73. The molecule has 0 aliphatic heterocycles. The summed E-state index contributed by atoms with van der Waals surface area (Å²) in [6.45, 7) is -1.20. The van der Waals surface area contributed by atoms with Crippen LogP contribution in [0.3, 0.4) is 0 Å². The lowest BCUT2D eigenvalue weighted by atomic mass is 9.84. The SMILES string of the molecule is C[C@]1(O)CC[C@@H](Nc2nc(OC(F)F)c3c(-c4ccc5nccn5c4)ccn3n2)CC1. The third kappa shape index (κ3) is 3.90. The summed E-state index contributed by atoms with van der Waals surface area (Å²) in [5.74, 6) is 0.0166. The number of rotatable bonds is 5. The van der Waals surface area contributed by atoms with Crippen LogP contribution in [0.15, 0.2) is 43.0 Å². The average molecular weight is 428 g/mol. The molecule has 0 spiro atoms. The van der Waals surface area contributed by atoms with Crippen molar-refractivity contribution in [2.45, 2.75) is 50.9 Å². The number of anilines is 1. The number of hydrogen-bond acceptors (Lipinski definition) is 6. The van der Waals surface area contributed by atoms with Crippen LogP contribution >= 0.6 is 0 Å². The minimum atomic E-state index is -3.02. The summed E-state index contributed by atoms with van der Waals surface area (Å²) in [4.78, 5) is 8.48. The monoisotopic (exact) mass is 428 g/mol. The Morgan fingerprint density at radius 3 is 2.81 bits per heavy atom. The molecule has 31 heavy (non-hydrogen) atoms. The van der Waals surface area contributed by atoms with Gasteiger partial charge in [-0.3, -0.25) is 0 Å². The molecule has 0 atom stereocenters. The maximum absolute atomic E-state index is 13.2. The van der Waals surface area contributed by atoms with E-state index in [0.29, 0.717) is 23.9 Å². The van der Waals surface area contributed by atoms with Gasteiger partial charge in [0.2, 0.25) is 11.8 Å². The zero-order valence-electron chi connectivity index (χ0n) is 16.9. The molecule has 0 amide bonds. The first-order chi connectivity index (χ1) is 14.9. The third-order valence-corrected chi connectivity index (χ3v) is 5.78. The van der Waals surface area contributed by atoms with Crippen molar-refractivity contribution in [2.24, 2.45) is 0 Å². The Labute approximate surface area is 176 Å². The number of ether oxygens (including phenoxy) is 1. The van der Waals surface area contributed by atoms with Crippen LogP contribution in [-0.4, -0.2) is 47.3 Å². The number of nitrogens with one attached hydrogen (secondary N) is 1. The standard InChI is InChI=1S/C21H22F2N6O2/c1-21(30)7-4-14(5-8-21)25-20-26-18(31-19(22)23)17-15(6-10-29(17)27-20)13-2-3-16-24-9-11-28(16)12-13/h2-3,6,9-12,14,19,30H,4-5,7-8H2,1H3,(H,25,27)/t14-,21+. The molecule has 0 aromatic carbocycles. The number of pyridine rings is 1. The summed E-state index contributed by atoms with van der Waals surface area (Å²) in [6, 6.07) is 5.56. The van der Waals surface area contributed by atoms with E-state index < -0.39 is 12.2 Å². The lowest BCUT2D eigenvalue weighted by Crippen LogP contribution is -2.36. The highest BCUT2D eigenvalue weighted by molar-refractivity contribution is 5.84. The molecule has 5 rings (SSSR count). The molecule has 1 saturated carbocycles. The molecule has 4 aromatic rings.